The quantitative estimate of drug-likeness (QED) is 0.911. The van der Waals surface area contributed by atoms with Crippen molar-refractivity contribution in [1.29, 1.82) is 0 Å². The number of aromatic nitrogens is 1. The predicted octanol–water partition coefficient (Wildman–Crippen LogP) is 2.85. The molecule has 0 bridgehead atoms. The number of anilines is 1. The van der Waals surface area contributed by atoms with Crippen LogP contribution in [0.2, 0.25) is 0 Å². The molecule has 0 unspecified atom stereocenters. The molecule has 1 aliphatic rings. The fraction of sp³-hybridized carbons (Fsp3) is 0.812. The summed E-state index contributed by atoms with van der Waals surface area (Å²) in [5.41, 5.74) is 1.27. The Balaban J connectivity index is 2.13. The first kappa shape index (κ1) is 16.7. The first-order valence-corrected chi connectivity index (χ1v) is 8.55. The van der Waals surface area contributed by atoms with Gasteiger partial charge in [0.05, 0.1) is 17.2 Å². The van der Waals surface area contributed by atoms with E-state index < -0.39 is 0 Å². The van der Waals surface area contributed by atoms with E-state index in [0.29, 0.717) is 0 Å². The zero-order chi connectivity index (χ0) is 15.8. The molecule has 0 saturated carbocycles. The van der Waals surface area contributed by atoms with Crippen molar-refractivity contribution >= 4 is 16.5 Å². The van der Waals surface area contributed by atoms with E-state index >= 15 is 0 Å². The van der Waals surface area contributed by atoms with E-state index in [2.05, 4.69) is 51.3 Å². The minimum Gasteiger partial charge on any atom is -0.391 e. The lowest BCUT2D eigenvalue weighted by molar-refractivity contribution is 0.128. The van der Waals surface area contributed by atoms with Crippen LogP contribution in [0, 0.1) is 0 Å². The van der Waals surface area contributed by atoms with Gasteiger partial charge >= 0.3 is 0 Å². The molecule has 0 aromatic carbocycles. The highest BCUT2D eigenvalue weighted by Gasteiger charge is 2.29. The molecule has 1 fully saturated rings. The fourth-order valence-electron chi connectivity index (χ4n) is 2.74. The predicted molar refractivity (Wildman–Crippen MR) is 90.3 cm³/mol. The Kier molecular flexibility index (Phi) is 4.66. The number of thiazole rings is 1. The van der Waals surface area contributed by atoms with Gasteiger partial charge in [0, 0.05) is 37.1 Å². The van der Waals surface area contributed by atoms with Gasteiger partial charge in [-0.25, -0.2) is 4.98 Å². The standard InChI is InChI=1S/C16H29N3OS/c1-15(2,3)13-12(11-20)21-14(17-13)18-7-9-19(10-8-18)16(4,5)6/h20H,7-11H2,1-6H3. The summed E-state index contributed by atoms with van der Waals surface area (Å²) in [6.45, 7) is 17.5. The Bertz CT molecular complexity index is 477. The minimum atomic E-state index is -0.0138. The van der Waals surface area contributed by atoms with E-state index in [9.17, 15) is 5.11 Å². The number of nitrogens with zero attached hydrogens (tertiary/aromatic N) is 3. The van der Waals surface area contributed by atoms with Gasteiger partial charge in [-0.05, 0) is 20.8 Å². The van der Waals surface area contributed by atoms with Crippen molar-refractivity contribution in [3.63, 3.8) is 0 Å². The molecule has 0 radical (unpaired) electrons. The highest BCUT2D eigenvalue weighted by Crippen LogP contribution is 2.34. The van der Waals surface area contributed by atoms with Crippen molar-refractivity contribution in [2.45, 2.75) is 59.1 Å². The zero-order valence-corrected chi connectivity index (χ0v) is 15.0. The van der Waals surface area contributed by atoms with E-state index in [1.54, 1.807) is 11.3 Å². The summed E-state index contributed by atoms with van der Waals surface area (Å²) >= 11 is 1.65. The van der Waals surface area contributed by atoms with E-state index in [-0.39, 0.29) is 17.6 Å². The normalized spacial score (nSPS) is 18.3. The molecule has 0 amide bonds. The van der Waals surface area contributed by atoms with E-state index in [1.165, 1.54) is 0 Å². The molecule has 1 aromatic heterocycles. The number of hydrogen-bond acceptors (Lipinski definition) is 5. The van der Waals surface area contributed by atoms with Gasteiger partial charge in [0.15, 0.2) is 5.13 Å². The summed E-state index contributed by atoms with van der Waals surface area (Å²) in [7, 11) is 0. The van der Waals surface area contributed by atoms with Crippen molar-refractivity contribution in [3.8, 4) is 0 Å². The number of rotatable bonds is 2. The van der Waals surface area contributed by atoms with E-state index in [0.717, 1.165) is 41.9 Å². The largest absolute Gasteiger partial charge is 0.391 e. The molecule has 120 valence electrons. The van der Waals surface area contributed by atoms with Crippen LogP contribution in [-0.4, -0.2) is 46.7 Å². The molecule has 5 heteroatoms. The minimum absolute atomic E-state index is 0.0138. The second-order valence-electron chi connectivity index (χ2n) is 7.82. The molecule has 1 aromatic rings. The van der Waals surface area contributed by atoms with Gasteiger partial charge in [0.2, 0.25) is 0 Å². The molecular weight excluding hydrogens is 282 g/mol. The number of aliphatic hydroxyl groups excluding tert-OH is 1. The monoisotopic (exact) mass is 311 g/mol. The Morgan fingerprint density at radius 2 is 1.62 bits per heavy atom. The molecule has 1 aliphatic heterocycles. The topological polar surface area (TPSA) is 39.6 Å². The molecule has 4 nitrogen and oxygen atoms in total. The van der Waals surface area contributed by atoms with Crippen molar-refractivity contribution in [3.05, 3.63) is 10.6 Å². The van der Waals surface area contributed by atoms with Crippen molar-refractivity contribution in [2.75, 3.05) is 31.1 Å². The fourth-order valence-corrected chi connectivity index (χ4v) is 3.92. The van der Waals surface area contributed by atoms with Crippen LogP contribution in [0.5, 0.6) is 0 Å². The van der Waals surface area contributed by atoms with Crippen LogP contribution in [-0.2, 0) is 12.0 Å². The maximum absolute atomic E-state index is 9.59. The van der Waals surface area contributed by atoms with Gasteiger partial charge < -0.3 is 10.0 Å². The van der Waals surface area contributed by atoms with Gasteiger partial charge in [0.1, 0.15) is 0 Å². The molecule has 0 aliphatic carbocycles. The Labute approximate surface area is 132 Å². The van der Waals surface area contributed by atoms with Gasteiger partial charge in [-0.15, -0.1) is 0 Å². The molecule has 1 saturated heterocycles. The second kappa shape index (κ2) is 5.86. The summed E-state index contributed by atoms with van der Waals surface area (Å²) in [5.74, 6) is 0. The van der Waals surface area contributed by atoms with Crippen LogP contribution < -0.4 is 4.90 Å². The second-order valence-corrected chi connectivity index (χ2v) is 8.88. The van der Waals surface area contributed by atoms with Gasteiger partial charge in [-0.1, -0.05) is 32.1 Å². The summed E-state index contributed by atoms with van der Waals surface area (Å²) < 4.78 is 0. The summed E-state index contributed by atoms with van der Waals surface area (Å²) in [6.07, 6.45) is 0. The molecular formula is C16H29N3OS. The first-order valence-electron chi connectivity index (χ1n) is 7.74. The van der Waals surface area contributed by atoms with Crippen LogP contribution in [0.3, 0.4) is 0 Å². The SMILES string of the molecule is CC(C)(C)c1nc(N2CCN(C(C)(C)C)CC2)sc1CO. The third-order valence-electron chi connectivity index (χ3n) is 4.04. The Morgan fingerprint density at radius 3 is 2.00 bits per heavy atom. The van der Waals surface area contributed by atoms with Crippen molar-refractivity contribution < 1.29 is 5.11 Å². The average Bonchev–Trinajstić information content (AvgIpc) is 2.82. The van der Waals surface area contributed by atoms with Crippen molar-refractivity contribution in [2.24, 2.45) is 0 Å². The van der Waals surface area contributed by atoms with Crippen LogP contribution >= 0.6 is 11.3 Å². The lowest BCUT2D eigenvalue weighted by atomic mass is 9.91. The van der Waals surface area contributed by atoms with Gasteiger partial charge in [0.25, 0.3) is 0 Å². The number of aliphatic hydroxyl groups is 1. The van der Waals surface area contributed by atoms with Gasteiger partial charge in [-0.3, -0.25) is 4.90 Å². The highest BCUT2D eigenvalue weighted by atomic mass is 32.1. The van der Waals surface area contributed by atoms with Gasteiger partial charge in [-0.2, -0.15) is 0 Å². The lowest BCUT2D eigenvalue weighted by Crippen LogP contribution is -2.53. The van der Waals surface area contributed by atoms with Crippen LogP contribution in [0.15, 0.2) is 0 Å². The first-order chi connectivity index (χ1) is 9.63. The molecule has 2 heterocycles. The maximum Gasteiger partial charge on any atom is 0.185 e. The third kappa shape index (κ3) is 3.76. The highest BCUT2D eigenvalue weighted by molar-refractivity contribution is 7.15. The van der Waals surface area contributed by atoms with Crippen LogP contribution in [0.25, 0.3) is 0 Å². The molecule has 21 heavy (non-hydrogen) atoms. The summed E-state index contributed by atoms with van der Waals surface area (Å²) in [5, 5.41) is 10.7. The average molecular weight is 311 g/mol. The van der Waals surface area contributed by atoms with E-state index in [4.69, 9.17) is 4.98 Å². The smallest absolute Gasteiger partial charge is 0.185 e. The number of hydrogen-bond donors (Lipinski definition) is 1. The lowest BCUT2D eigenvalue weighted by Gasteiger charge is -2.42. The maximum atomic E-state index is 9.59. The molecule has 2 rings (SSSR count). The van der Waals surface area contributed by atoms with Crippen molar-refractivity contribution in [1.82, 2.24) is 9.88 Å². The van der Waals surface area contributed by atoms with Crippen LogP contribution in [0.4, 0.5) is 5.13 Å². The summed E-state index contributed by atoms with van der Waals surface area (Å²) in [4.78, 5) is 10.7. The molecule has 1 N–H and O–H groups in total. The van der Waals surface area contributed by atoms with E-state index in [1.807, 2.05) is 0 Å². The summed E-state index contributed by atoms with van der Waals surface area (Å²) in [6, 6.07) is 0. The molecule has 0 atom stereocenters. The van der Waals surface area contributed by atoms with Crippen LogP contribution in [0.1, 0.15) is 52.1 Å². The Morgan fingerprint density at radius 1 is 1.05 bits per heavy atom. The molecule has 0 spiro atoms. The zero-order valence-electron chi connectivity index (χ0n) is 14.2. The Hall–Kier alpha value is -0.650. The third-order valence-corrected chi connectivity index (χ3v) is 5.14. The number of piperazine rings is 1.